The number of ether oxygens (including phenoxy) is 1. The Bertz CT molecular complexity index is 1180. The number of rotatable bonds is 2. The second-order valence-corrected chi connectivity index (χ2v) is 10.0. The second kappa shape index (κ2) is 7.83. The Morgan fingerprint density at radius 2 is 1.97 bits per heavy atom. The van der Waals surface area contributed by atoms with E-state index in [4.69, 9.17) is 4.74 Å². The molecule has 0 radical (unpaired) electrons. The van der Waals surface area contributed by atoms with Gasteiger partial charge in [0.15, 0.2) is 4.87 Å². The number of hydrogen-bond donors (Lipinski definition) is 0. The highest BCUT2D eigenvalue weighted by atomic mass is 32.2. The van der Waals surface area contributed by atoms with Crippen LogP contribution in [-0.2, 0) is 9.67 Å². The first-order valence-corrected chi connectivity index (χ1v) is 11.6. The molecule has 0 N–H and O–H groups in total. The number of aromatic nitrogens is 1. The molecule has 3 aliphatic heterocycles. The van der Waals surface area contributed by atoms with E-state index in [1.54, 1.807) is 12.3 Å². The molecular weight excluding hydrogens is 446 g/mol. The van der Waals surface area contributed by atoms with Gasteiger partial charge in [0.05, 0.1) is 0 Å². The van der Waals surface area contributed by atoms with Crippen LogP contribution < -0.4 is 4.74 Å². The minimum atomic E-state index is -1.01. The number of halogens is 2. The van der Waals surface area contributed by atoms with Crippen LogP contribution in [0.5, 0.6) is 5.75 Å². The van der Waals surface area contributed by atoms with Gasteiger partial charge < -0.3 is 9.64 Å². The second-order valence-electron chi connectivity index (χ2n) is 8.78. The predicted octanol–water partition coefficient (Wildman–Crippen LogP) is 4.62. The monoisotopic (exact) mass is 470 g/mol. The molecule has 4 heterocycles. The summed E-state index contributed by atoms with van der Waals surface area (Å²) in [6.07, 6.45) is 3.53. The quantitative estimate of drug-likeness (QED) is 0.641. The van der Waals surface area contributed by atoms with Crippen LogP contribution in [0, 0.1) is 11.6 Å². The number of likely N-dealkylation sites (tertiary alicyclic amines) is 1. The van der Waals surface area contributed by atoms with E-state index in [0.717, 1.165) is 49.8 Å². The maximum absolute atomic E-state index is 14.6. The highest BCUT2D eigenvalue weighted by molar-refractivity contribution is 8.15. The number of hydrazone groups is 1. The van der Waals surface area contributed by atoms with Gasteiger partial charge in [-0.05, 0) is 37.3 Å². The zero-order valence-corrected chi connectivity index (χ0v) is 19.3. The SMILES string of the molecule is C=C(C)N1CCC2(CC1)CC1(SC(c3cc(F)ccc3F)=NN1C(C)=O)c1ncccc1O2. The molecule has 1 amide bonds. The van der Waals surface area contributed by atoms with Gasteiger partial charge in [0.25, 0.3) is 0 Å². The predicted molar refractivity (Wildman–Crippen MR) is 123 cm³/mol. The van der Waals surface area contributed by atoms with Crippen molar-refractivity contribution in [1.29, 1.82) is 0 Å². The van der Waals surface area contributed by atoms with Gasteiger partial charge in [-0.1, -0.05) is 18.3 Å². The number of benzene rings is 1. The molecule has 1 aromatic carbocycles. The Kier molecular flexibility index (Phi) is 5.19. The van der Waals surface area contributed by atoms with Gasteiger partial charge in [-0.3, -0.25) is 9.78 Å². The first-order valence-electron chi connectivity index (χ1n) is 10.8. The van der Waals surface area contributed by atoms with E-state index < -0.39 is 22.1 Å². The molecule has 2 spiro atoms. The minimum Gasteiger partial charge on any atom is -0.485 e. The third kappa shape index (κ3) is 3.58. The lowest BCUT2D eigenvalue weighted by molar-refractivity contribution is -0.135. The van der Waals surface area contributed by atoms with Gasteiger partial charge in [0.2, 0.25) is 5.91 Å². The molecule has 0 bridgehead atoms. The highest BCUT2D eigenvalue weighted by Gasteiger charge is 2.59. The van der Waals surface area contributed by atoms with Crippen LogP contribution in [0.1, 0.15) is 44.4 Å². The lowest BCUT2D eigenvalue weighted by atomic mass is 9.81. The molecule has 5 rings (SSSR count). The Morgan fingerprint density at radius 1 is 1.21 bits per heavy atom. The molecular formula is C24H24F2N4O2S. The van der Waals surface area contributed by atoms with Gasteiger partial charge >= 0.3 is 0 Å². The summed E-state index contributed by atoms with van der Waals surface area (Å²) in [5.74, 6) is -0.884. The topological polar surface area (TPSA) is 58.0 Å². The summed E-state index contributed by atoms with van der Waals surface area (Å²) in [5, 5.41) is 6.11. The van der Waals surface area contributed by atoms with Crippen LogP contribution in [0.2, 0.25) is 0 Å². The van der Waals surface area contributed by atoms with Gasteiger partial charge in [-0.2, -0.15) is 5.10 Å². The Hall–Kier alpha value is -2.94. The molecule has 0 aliphatic carbocycles. The fourth-order valence-corrected chi connectivity index (χ4v) is 6.43. The molecule has 0 saturated carbocycles. The number of nitrogens with zero attached hydrogens (tertiary/aromatic N) is 4. The van der Waals surface area contributed by atoms with E-state index >= 15 is 0 Å². The zero-order valence-electron chi connectivity index (χ0n) is 18.5. The standard InChI is InChI=1S/C24H24F2N4O2S/c1-15(2)29-11-8-23(9-12-29)14-24(21-20(32-23)5-4-10-27-21)30(16(3)31)28-22(33-24)18-13-17(25)6-7-19(18)26/h4-7,10,13H,1,8-9,11-12,14H2,2-3H3. The van der Waals surface area contributed by atoms with Gasteiger partial charge in [-0.15, -0.1) is 0 Å². The minimum absolute atomic E-state index is 0.0262. The van der Waals surface area contributed by atoms with Gasteiger partial charge in [0.1, 0.15) is 33.7 Å². The number of thioether (sulfide) groups is 1. The molecule has 6 nitrogen and oxygen atoms in total. The lowest BCUT2D eigenvalue weighted by Gasteiger charge is -2.51. The molecule has 2 aromatic rings. The molecule has 33 heavy (non-hydrogen) atoms. The number of piperidine rings is 1. The third-order valence-corrected chi connectivity index (χ3v) is 7.84. The molecule has 9 heteroatoms. The molecule has 172 valence electrons. The number of hydrogen-bond acceptors (Lipinski definition) is 6. The Morgan fingerprint density at radius 3 is 2.67 bits per heavy atom. The summed E-state index contributed by atoms with van der Waals surface area (Å²) in [6.45, 7) is 9.00. The zero-order chi connectivity index (χ0) is 23.4. The number of carbonyl (C=O) groups is 1. The largest absolute Gasteiger partial charge is 0.485 e. The van der Waals surface area contributed by atoms with Crippen molar-refractivity contribution in [2.45, 2.75) is 43.6 Å². The van der Waals surface area contributed by atoms with Crippen molar-refractivity contribution >= 4 is 22.7 Å². The van der Waals surface area contributed by atoms with Crippen LogP contribution >= 0.6 is 11.8 Å². The molecule has 1 aromatic heterocycles. The van der Waals surface area contributed by atoms with Crippen molar-refractivity contribution in [3.05, 3.63) is 71.7 Å². The maximum Gasteiger partial charge on any atom is 0.241 e. The van der Waals surface area contributed by atoms with E-state index in [2.05, 4.69) is 21.6 Å². The van der Waals surface area contributed by atoms with Crippen molar-refractivity contribution in [2.75, 3.05) is 13.1 Å². The summed E-state index contributed by atoms with van der Waals surface area (Å²) in [4.78, 5) is 18.6. The molecule has 1 unspecified atom stereocenters. The first-order chi connectivity index (χ1) is 15.7. The average Bonchev–Trinajstić information content (AvgIpc) is 3.15. The van der Waals surface area contributed by atoms with Crippen molar-refractivity contribution in [3.63, 3.8) is 0 Å². The lowest BCUT2D eigenvalue weighted by Crippen LogP contribution is -2.57. The molecule has 3 aliphatic rings. The van der Waals surface area contributed by atoms with Crippen LogP contribution in [0.15, 0.2) is 53.9 Å². The average molecular weight is 471 g/mol. The highest BCUT2D eigenvalue weighted by Crippen LogP contribution is 2.58. The summed E-state index contributed by atoms with van der Waals surface area (Å²) < 4.78 is 35.1. The van der Waals surface area contributed by atoms with E-state index in [9.17, 15) is 13.6 Å². The normalized spacial score (nSPS) is 23.3. The van der Waals surface area contributed by atoms with Crippen LogP contribution in [-0.4, -0.2) is 44.5 Å². The van der Waals surface area contributed by atoms with E-state index in [1.807, 2.05) is 13.0 Å². The number of pyridine rings is 1. The van der Waals surface area contributed by atoms with E-state index in [0.29, 0.717) is 17.9 Å². The fraction of sp³-hybridized carbons (Fsp3) is 0.375. The Labute approximate surface area is 195 Å². The summed E-state index contributed by atoms with van der Waals surface area (Å²) in [7, 11) is 0. The number of carbonyl (C=O) groups excluding carboxylic acids is 1. The van der Waals surface area contributed by atoms with E-state index in [-0.39, 0.29) is 16.5 Å². The smallest absolute Gasteiger partial charge is 0.241 e. The maximum atomic E-state index is 14.6. The van der Waals surface area contributed by atoms with Crippen molar-refractivity contribution < 1.29 is 18.3 Å². The number of allylic oxidation sites excluding steroid dienone is 1. The molecule has 1 atom stereocenters. The van der Waals surface area contributed by atoms with Crippen LogP contribution in [0.3, 0.4) is 0 Å². The van der Waals surface area contributed by atoms with Gasteiger partial charge in [0, 0.05) is 56.7 Å². The first kappa shape index (κ1) is 21.9. The summed E-state index contributed by atoms with van der Waals surface area (Å²) in [5.41, 5.74) is 1.05. The van der Waals surface area contributed by atoms with Crippen LogP contribution in [0.4, 0.5) is 8.78 Å². The number of fused-ring (bicyclic) bond motifs is 2. The van der Waals surface area contributed by atoms with Crippen LogP contribution in [0.25, 0.3) is 0 Å². The molecule has 1 fully saturated rings. The number of amides is 1. The van der Waals surface area contributed by atoms with Crippen molar-refractivity contribution in [2.24, 2.45) is 5.10 Å². The van der Waals surface area contributed by atoms with Crippen molar-refractivity contribution in [3.8, 4) is 5.75 Å². The summed E-state index contributed by atoms with van der Waals surface area (Å²) >= 11 is 1.24. The Balaban J connectivity index is 1.60. The van der Waals surface area contributed by atoms with Crippen molar-refractivity contribution in [1.82, 2.24) is 14.9 Å². The fourth-order valence-electron chi connectivity index (χ4n) is 4.88. The van der Waals surface area contributed by atoms with E-state index in [1.165, 1.54) is 23.7 Å². The molecule has 1 saturated heterocycles. The van der Waals surface area contributed by atoms with Gasteiger partial charge in [-0.25, -0.2) is 13.8 Å². The summed E-state index contributed by atoms with van der Waals surface area (Å²) in [6, 6.07) is 6.88. The third-order valence-electron chi connectivity index (χ3n) is 6.50.